The van der Waals surface area contributed by atoms with Gasteiger partial charge in [-0.25, -0.2) is 0 Å². The minimum absolute atomic E-state index is 0.165. The average Bonchev–Trinajstić information content (AvgIpc) is 2.90. The Hall–Kier alpha value is -1.31. The molecule has 0 aliphatic heterocycles. The van der Waals surface area contributed by atoms with Crippen LogP contribution < -0.4 is 0 Å². The van der Waals surface area contributed by atoms with Gasteiger partial charge in [0.2, 0.25) is 0 Å². The fourth-order valence-corrected chi connectivity index (χ4v) is 1.97. The second-order valence-corrected chi connectivity index (χ2v) is 4.16. The van der Waals surface area contributed by atoms with Gasteiger partial charge in [-0.2, -0.15) is 0 Å². The lowest BCUT2D eigenvalue weighted by Gasteiger charge is -2.14. The van der Waals surface area contributed by atoms with Crippen LogP contribution >= 0.6 is 0 Å². The Bertz CT molecular complexity index is 389. The van der Waals surface area contributed by atoms with E-state index in [-0.39, 0.29) is 16.9 Å². The molecule has 0 radical (unpaired) electrons. The van der Waals surface area contributed by atoms with Crippen molar-refractivity contribution in [3.8, 4) is 5.75 Å². The maximum atomic E-state index is 11.5. The zero-order valence-electron chi connectivity index (χ0n) is 8.50. The number of rotatable bonds is 2. The van der Waals surface area contributed by atoms with Crippen LogP contribution in [0.15, 0.2) is 18.2 Å². The zero-order valence-corrected chi connectivity index (χ0v) is 8.50. The lowest BCUT2D eigenvalue weighted by atomic mass is 9.90. The van der Waals surface area contributed by atoms with Crippen LogP contribution in [0.3, 0.4) is 0 Å². The summed E-state index contributed by atoms with van der Waals surface area (Å²) in [6, 6.07) is 5.45. The number of benzene rings is 1. The van der Waals surface area contributed by atoms with Crippen molar-refractivity contribution < 1.29 is 9.90 Å². The number of phenolic OH excluding ortho intramolecular Hbond substituents is 1. The molecule has 0 bridgehead atoms. The van der Waals surface area contributed by atoms with Crippen LogP contribution in [0.4, 0.5) is 0 Å². The quantitative estimate of drug-likeness (QED) is 0.777. The Morgan fingerprint density at radius 2 is 2.07 bits per heavy atom. The number of aromatic hydroxyl groups is 1. The van der Waals surface area contributed by atoms with E-state index in [2.05, 4.69) is 0 Å². The molecule has 0 amide bonds. The average molecular weight is 190 g/mol. The van der Waals surface area contributed by atoms with Crippen LogP contribution in [-0.2, 0) is 10.2 Å². The molecule has 1 fully saturated rings. The topological polar surface area (TPSA) is 37.3 Å². The van der Waals surface area contributed by atoms with Gasteiger partial charge in [-0.15, -0.1) is 0 Å². The van der Waals surface area contributed by atoms with Crippen LogP contribution in [0.2, 0.25) is 0 Å². The van der Waals surface area contributed by atoms with E-state index in [1.165, 1.54) is 0 Å². The smallest absolute Gasteiger partial charge is 0.140 e. The van der Waals surface area contributed by atoms with Gasteiger partial charge < -0.3 is 5.11 Å². The summed E-state index contributed by atoms with van der Waals surface area (Å²) in [6.07, 6.45) is 1.75. The third-order valence-electron chi connectivity index (χ3n) is 3.09. The Kier molecular flexibility index (Phi) is 1.88. The summed E-state index contributed by atoms with van der Waals surface area (Å²) in [6.45, 7) is 3.58. The second-order valence-electron chi connectivity index (χ2n) is 4.16. The number of carbonyl (C=O) groups excluding carboxylic acids is 1. The number of hydrogen-bond donors (Lipinski definition) is 1. The molecule has 2 heteroatoms. The third-order valence-corrected chi connectivity index (χ3v) is 3.09. The van der Waals surface area contributed by atoms with E-state index in [4.69, 9.17) is 0 Å². The van der Waals surface area contributed by atoms with E-state index in [1.54, 1.807) is 13.0 Å². The van der Waals surface area contributed by atoms with Crippen LogP contribution in [-0.4, -0.2) is 10.9 Å². The number of Topliss-reactive ketones (excluding diaryl/α,β-unsaturated/α-hetero) is 1. The molecule has 1 aromatic carbocycles. The molecular formula is C12H14O2. The fraction of sp³-hybridized carbons (Fsp3) is 0.417. The van der Waals surface area contributed by atoms with Crippen molar-refractivity contribution in [2.45, 2.75) is 32.1 Å². The standard InChI is InChI=1S/C12H14O2/c1-8-3-4-11(14)10(7-8)12(5-6-12)9(2)13/h3-4,7,14H,5-6H2,1-2H3. The van der Waals surface area contributed by atoms with Crippen LogP contribution in [0, 0.1) is 6.92 Å². The number of ketones is 1. The Labute approximate surface area is 83.6 Å². The van der Waals surface area contributed by atoms with Crippen molar-refractivity contribution in [2.24, 2.45) is 0 Å². The van der Waals surface area contributed by atoms with E-state index < -0.39 is 0 Å². The van der Waals surface area contributed by atoms with Crippen molar-refractivity contribution in [1.29, 1.82) is 0 Å². The van der Waals surface area contributed by atoms with Crippen molar-refractivity contribution in [1.82, 2.24) is 0 Å². The Balaban J connectivity index is 2.51. The molecule has 1 aromatic rings. The van der Waals surface area contributed by atoms with Gasteiger partial charge in [-0.05, 0) is 32.8 Å². The van der Waals surface area contributed by atoms with Crippen LogP contribution in [0.1, 0.15) is 30.9 Å². The van der Waals surface area contributed by atoms with Crippen molar-refractivity contribution in [3.05, 3.63) is 29.3 Å². The summed E-state index contributed by atoms with van der Waals surface area (Å²) < 4.78 is 0. The first-order valence-corrected chi connectivity index (χ1v) is 4.87. The second kappa shape index (κ2) is 2.84. The lowest BCUT2D eigenvalue weighted by molar-refractivity contribution is -0.119. The minimum atomic E-state index is -0.365. The zero-order chi connectivity index (χ0) is 10.3. The molecule has 0 aromatic heterocycles. The predicted molar refractivity (Wildman–Crippen MR) is 54.4 cm³/mol. The highest BCUT2D eigenvalue weighted by atomic mass is 16.3. The molecule has 1 N–H and O–H groups in total. The van der Waals surface area contributed by atoms with E-state index in [1.807, 2.05) is 19.1 Å². The highest BCUT2D eigenvalue weighted by molar-refractivity contribution is 5.91. The molecule has 2 rings (SSSR count). The number of phenols is 1. The van der Waals surface area contributed by atoms with Gasteiger partial charge in [0.1, 0.15) is 11.5 Å². The molecule has 1 saturated carbocycles. The summed E-state index contributed by atoms with van der Waals surface area (Å²) in [4.78, 5) is 11.5. The molecule has 1 aliphatic carbocycles. The van der Waals surface area contributed by atoms with Gasteiger partial charge >= 0.3 is 0 Å². The molecule has 0 unspecified atom stereocenters. The van der Waals surface area contributed by atoms with Gasteiger partial charge in [0, 0.05) is 5.56 Å². The molecule has 0 heterocycles. The number of aryl methyl sites for hydroxylation is 1. The molecule has 2 nitrogen and oxygen atoms in total. The molecular weight excluding hydrogens is 176 g/mol. The predicted octanol–water partition coefficient (Wildman–Crippen LogP) is 2.32. The summed E-state index contributed by atoms with van der Waals surface area (Å²) in [5.41, 5.74) is 1.53. The summed E-state index contributed by atoms with van der Waals surface area (Å²) in [7, 11) is 0. The van der Waals surface area contributed by atoms with Crippen molar-refractivity contribution in [3.63, 3.8) is 0 Å². The third kappa shape index (κ3) is 1.22. The minimum Gasteiger partial charge on any atom is -0.508 e. The lowest BCUT2D eigenvalue weighted by Crippen LogP contribution is -2.17. The van der Waals surface area contributed by atoms with Gasteiger partial charge in [0.15, 0.2) is 0 Å². The van der Waals surface area contributed by atoms with E-state index >= 15 is 0 Å². The Morgan fingerprint density at radius 1 is 1.43 bits per heavy atom. The molecule has 0 saturated heterocycles. The summed E-state index contributed by atoms with van der Waals surface area (Å²) in [5.74, 6) is 0.418. The summed E-state index contributed by atoms with van der Waals surface area (Å²) >= 11 is 0. The van der Waals surface area contributed by atoms with Gasteiger partial charge in [-0.1, -0.05) is 17.7 Å². The monoisotopic (exact) mass is 190 g/mol. The first kappa shape index (κ1) is 9.25. The van der Waals surface area contributed by atoms with Crippen molar-refractivity contribution >= 4 is 5.78 Å². The van der Waals surface area contributed by atoms with Gasteiger partial charge in [-0.3, -0.25) is 4.79 Å². The highest BCUT2D eigenvalue weighted by Crippen LogP contribution is 2.51. The highest BCUT2D eigenvalue weighted by Gasteiger charge is 2.50. The van der Waals surface area contributed by atoms with E-state index in [0.717, 1.165) is 24.0 Å². The number of hydrogen-bond acceptors (Lipinski definition) is 2. The van der Waals surface area contributed by atoms with E-state index in [9.17, 15) is 9.90 Å². The largest absolute Gasteiger partial charge is 0.508 e. The Morgan fingerprint density at radius 3 is 2.57 bits per heavy atom. The van der Waals surface area contributed by atoms with Crippen LogP contribution in [0.25, 0.3) is 0 Å². The fourth-order valence-electron chi connectivity index (χ4n) is 1.97. The molecule has 0 spiro atoms. The van der Waals surface area contributed by atoms with Crippen molar-refractivity contribution in [2.75, 3.05) is 0 Å². The summed E-state index contributed by atoms with van der Waals surface area (Å²) in [5, 5.41) is 9.71. The molecule has 1 aliphatic rings. The maximum Gasteiger partial charge on any atom is 0.140 e. The normalized spacial score (nSPS) is 17.9. The molecule has 74 valence electrons. The first-order valence-electron chi connectivity index (χ1n) is 4.87. The van der Waals surface area contributed by atoms with E-state index in [0.29, 0.717) is 0 Å². The molecule has 14 heavy (non-hydrogen) atoms. The van der Waals surface area contributed by atoms with Crippen LogP contribution in [0.5, 0.6) is 5.75 Å². The SMILES string of the molecule is CC(=O)C1(c2cc(C)ccc2O)CC1. The maximum absolute atomic E-state index is 11.5. The first-order chi connectivity index (χ1) is 6.56. The van der Waals surface area contributed by atoms with Gasteiger partial charge in [0.25, 0.3) is 0 Å². The number of carbonyl (C=O) groups is 1. The molecule has 0 atom stereocenters. The van der Waals surface area contributed by atoms with Gasteiger partial charge in [0.05, 0.1) is 5.41 Å².